The number of likely N-dealkylation sites (tertiary alicyclic amines) is 1. The number of imide groups is 1. The number of para-hydroxylation sites is 2. The topological polar surface area (TPSA) is 84.0 Å². The van der Waals surface area contributed by atoms with Gasteiger partial charge in [-0.25, -0.2) is 9.69 Å². The summed E-state index contributed by atoms with van der Waals surface area (Å²) in [7, 11) is 0. The van der Waals surface area contributed by atoms with Gasteiger partial charge in [-0.1, -0.05) is 42.5 Å². The number of benzene rings is 2. The molecule has 4 atom stereocenters. The summed E-state index contributed by atoms with van der Waals surface area (Å²) in [5.41, 5.74) is 0.914. The van der Waals surface area contributed by atoms with Gasteiger partial charge in [-0.2, -0.15) is 0 Å². The highest BCUT2D eigenvalue weighted by Crippen LogP contribution is 2.45. The third kappa shape index (κ3) is 3.12. The molecule has 0 saturated carbocycles. The Hall–Kier alpha value is -3.74. The molecule has 3 aliphatic rings. The van der Waals surface area contributed by atoms with Gasteiger partial charge in [-0.05, 0) is 37.6 Å². The maximum atomic E-state index is 13.5. The lowest BCUT2D eigenvalue weighted by atomic mass is 9.72. The van der Waals surface area contributed by atoms with E-state index in [0.717, 1.165) is 0 Å². The van der Waals surface area contributed by atoms with Crippen LogP contribution in [0.25, 0.3) is 0 Å². The van der Waals surface area contributed by atoms with Crippen LogP contribution in [0.5, 0.6) is 5.75 Å². The molecule has 7 heteroatoms. The van der Waals surface area contributed by atoms with E-state index in [1.807, 2.05) is 12.1 Å². The second kappa shape index (κ2) is 7.75. The predicted octanol–water partition coefficient (Wildman–Crippen LogP) is 3.35. The van der Waals surface area contributed by atoms with Gasteiger partial charge in [0, 0.05) is 18.0 Å². The summed E-state index contributed by atoms with van der Waals surface area (Å²) in [6.45, 7) is 1.76. The minimum Gasteiger partial charge on any atom is -0.410 e. The van der Waals surface area contributed by atoms with Crippen molar-refractivity contribution >= 4 is 29.4 Å². The molecule has 2 heterocycles. The van der Waals surface area contributed by atoms with E-state index in [-0.39, 0.29) is 24.0 Å². The monoisotopic (exact) mass is 430 g/mol. The first-order valence-electron chi connectivity index (χ1n) is 10.7. The van der Waals surface area contributed by atoms with Gasteiger partial charge in [0.15, 0.2) is 5.78 Å². The molecule has 5 rings (SSSR count). The van der Waals surface area contributed by atoms with Gasteiger partial charge in [-0.3, -0.25) is 19.3 Å². The summed E-state index contributed by atoms with van der Waals surface area (Å²) in [5.74, 6) is -1.86. The fourth-order valence-electron chi connectivity index (χ4n) is 5.05. The first kappa shape index (κ1) is 20.2. The first-order valence-corrected chi connectivity index (χ1v) is 10.7. The largest absolute Gasteiger partial charge is 0.416 e. The minimum atomic E-state index is -0.827. The summed E-state index contributed by atoms with van der Waals surface area (Å²) in [6, 6.07) is 16.1. The lowest BCUT2D eigenvalue weighted by Crippen LogP contribution is -2.59. The summed E-state index contributed by atoms with van der Waals surface area (Å²) in [4.78, 5) is 55.5. The number of piperidine rings is 1. The maximum Gasteiger partial charge on any atom is 0.416 e. The third-order valence-electron chi connectivity index (χ3n) is 6.48. The van der Waals surface area contributed by atoms with E-state index < -0.39 is 30.0 Å². The van der Waals surface area contributed by atoms with Crippen LogP contribution in [0.4, 0.5) is 10.5 Å². The number of hydrogen-bond acceptors (Lipinski definition) is 5. The Labute approximate surface area is 185 Å². The Morgan fingerprint density at radius 2 is 1.59 bits per heavy atom. The number of carbonyl (C=O) groups is 4. The zero-order valence-corrected chi connectivity index (χ0v) is 17.5. The normalized spacial score (nSPS) is 27.0. The van der Waals surface area contributed by atoms with Crippen LogP contribution in [-0.4, -0.2) is 40.7 Å². The van der Waals surface area contributed by atoms with Crippen molar-refractivity contribution < 1.29 is 23.9 Å². The number of ketones is 1. The van der Waals surface area contributed by atoms with E-state index in [9.17, 15) is 19.2 Å². The molecule has 0 radical (unpaired) electrons. The zero-order valence-electron chi connectivity index (χ0n) is 17.5. The number of anilines is 1. The lowest BCUT2D eigenvalue weighted by Gasteiger charge is -2.45. The SMILES string of the molecule is C[C@@H]1CC(=O)C2=CC[C@H]3C(=O)N(c4ccccc4)C(=O)[C@H]3[C@H]2N1C(=O)Oc1ccccc1. The van der Waals surface area contributed by atoms with E-state index in [2.05, 4.69) is 0 Å². The van der Waals surface area contributed by atoms with Crippen molar-refractivity contribution in [1.29, 1.82) is 0 Å². The number of Topliss-reactive ketones (excluding diaryl/α,β-unsaturated/α-hetero) is 1. The van der Waals surface area contributed by atoms with E-state index in [1.165, 1.54) is 9.80 Å². The molecule has 0 aromatic heterocycles. The summed E-state index contributed by atoms with van der Waals surface area (Å²) >= 11 is 0. The van der Waals surface area contributed by atoms with Crippen LogP contribution < -0.4 is 9.64 Å². The van der Waals surface area contributed by atoms with Gasteiger partial charge in [0.05, 0.1) is 23.6 Å². The molecular weight excluding hydrogens is 408 g/mol. The summed E-state index contributed by atoms with van der Waals surface area (Å²) < 4.78 is 5.57. The molecule has 32 heavy (non-hydrogen) atoms. The summed E-state index contributed by atoms with van der Waals surface area (Å²) in [5, 5.41) is 0. The number of ether oxygens (including phenoxy) is 1. The Bertz CT molecular complexity index is 1130. The standard InChI is InChI=1S/C25H22N2O5/c1-15-14-20(28)18-12-13-19-21(24(30)27(23(19)29)16-8-4-2-5-9-16)22(18)26(15)25(31)32-17-10-6-3-7-11-17/h2-12,15,19,21-22H,13-14H2,1H3/t15-,19-,21-,22+/m1/s1. The van der Waals surface area contributed by atoms with Crippen LogP contribution in [0.15, 0.2) is 72.3 Å². The van der Waals surface area contributed by atoms with Crippen molar-refractivity contribution in [3.8, 4) is 5.75 Å². The average Bonchev–Trinajstić information content (AvgIpc) is 3.05. The molecule has 2 saturated heterocycles. The van der Waals surface area contributed by atoms with Crippen LogP contribution in [0.3, 0.4) is 0 Å². The molecule has 1 aliphatic carbocycles. The molecule has 0 spiro atoms. The van der Waals surface area contributed by atoms with E-state index in [4.69, 9.17) is 4.74 Å². The Morgan fingerprint density at radius 3 is 2.28 bits per heavy atom. The molecule has 7 nitrogen and oxygen atoms in total. The number of amides is 3. The highest BCUT2D eigenvalue weighted by Gasteiger charge is 2.58. The van der Waals surface area contributed by atoms with Crippen molar-refractivity contribution in [2.75, 3.05) is 4.90 Å². The number of nitrogens with zero attached hydrogens (tertiary/aromatic N) is 2. The number of fused-ring (bicyclic) bond motifs is 3. The van der Waals surface area contributed by atoms with Crippen LogP contribution in [0.2, 0.25) is 0 Å². The quantitative estimate of drug-likeness (QED) is 0.683. The lowest BCUT2D eigenvalue weighted by molar-refractivity contribution is -0.126. The van der Waals surface area contributed by atoms with Gasteiger partial charge in [0.2, 0.25) is 11.8 Å². The average molecular weight is 430 g/mol. The second-order valence-corrected chi connectivity index (χ2v) is 8.38. The van der Waals surface area contributed by atoms with E-state index in [1.54, 1.807) is 61.5 Å². The molecule has 2 fully saturated rings. The van der Waals surface area contributed by atoms with Crippen LogP contribution in [0, 0.1) is 11.8 Å². The predicted molar refractivity (Wildman–Crippen MR) is 116 cm³/mol. The van der Waals surface area contributed by atoms with Crippen LogP contribution in [0.1, 0.15) is 19.8 Å². The van der Waals surface area contributed by atoms with Gasteiger partial charge < -0.3 is 4.74 Å². The molecular formula is C25H22N2O5. The number of rotatable bonds is 2. The first-order chi connectivity index (χ1) is 15.5. The molecule has 2 aromatic rings. The highest BCUT2D eigenvalue weighted by atomic mass is 16.6. The summed E-state index contributed by atoms with van der Waals surface area (Å²) in [6.07, 6.45) is 1.54. The Kier molecular flexibility index (Phi) is 4.89. The Morgan fingerprint density at radius 1 is 0.938 bits per heavy atom. The highest BCUT2D eigenvalue weighted by molar-refractivity contribution is 6.23. The van der Waals surface area contributed by atoms with Gasteiger partial charge >= 0.3 is 6.09 Å². The fraction of sp³-hybridized carbons (Fsp3) is 0.280. The molecule has 2 aromatic carbocycles. The van der Waals surface area contributed by atoms with Gasteiger partial charge in [0.1, 0.15) is 5.75 Å². The molecule has 0 unspecified atom stereocenters. The molecule has 162 valence electrons. The van der Waals surface area contributed by atoms with Gasteiger partial charge in [0.25, 0.3) is 0 Å². The van der Waals surface area contributed by atoms with E-state index >= 15 is 0 Å². The smallest absolute Gasteiger partial charge is 0.410 e. The minimum absolute atomic E-state index is 0.0943. The van der Waals surface area contributed by atoms with Crippen molar-refractivity contribution in [1.82, 2.24) is 4.90 Å². The molecule has 0 N–H and O–H groups in total. The van der Waals surface area contributed by atoms with Crippen molar-refractivity contribution in [3.63, 3.8) is 0 Å². The molecule has 0 bridgehead atoms. The van der Waals surface area contributed by atoms with Crippen LogP contribution in [-0.2, 0) is 14.4 Å². The van der Waals surface area contributed by atoms with Crippen molar-refractivity contribution in [2.45, 2.75) is 31.8 Å². The maximum absolute atomic E-state index is 13.5. The third-order valence-corrected chi connectivity index (χ3v) is 6.48. The fourth-order valence-corrected chi connectivity index (χ4v) is 5.05. The molecule has 2 aliphatic heterocycles. The zero-order chi connectivity index (χ0) is 22.4. The molecule has 3 amide bonds. The number of hydrogen-bond donors (Lipinski definition) is 0. The van der Waals surface area contributed by atoms with Gasteiger partial charge in [-0.15, -0.1) is 0 Å². The van der Waals surface area contributed by atoms with Crippen LogP contribution >= 0.6 is 0 Å². The number of allylic oxidation sites excluding steroid dienone is 1. The van der Waals surface area contributed by atoms with Crippen molar-refractivity contribution in [2.24, 2.45) is 11.8 Å². The van der Waals surface area contributed by atoms with E-state index in [0.29, 0.717) is 23.4 Å². The second-order valence-electron chi connectivity index (χ2n) is 8.38. The van der Waals surface area contributed by atoms with Crippen molar-refractivity contribution in [3.05, 3.63) is 72.3 Å². The Balaban J connectivity index is 1.53. The number of carbonyl (C=O) groups excluding carboxylic acids is 4.